The molecule has 0 aliphatic rings. The van der Waals surface area contributed by atoms with Crippen LogP contribution < -0.4 is 10.6 Å². The van der Waals surface area contributed by atoms with Gasteiger partial charge in [0, 0.05) is 6.54 Å². The normalized spacial score (nSPS) is 10.5. The number of aromatic amines is 1. The Bertz CT molecular complexity index is 539. The van der Waals surface area contributed by atoms with Crippen LogP contribution in [-0.4, -0.2) is 38.9 Å². The molecule has 8 heteroatoms. The van der Waals surface area contributed by atoms with Gasteiger partial charge >= 0.3 is 0 Å². The largest absolute Gasteiger partial charge is 0.359 e. The van der Waals surface area contributed by atoms with Gasteiger partial charge in [-0.2, -0.15) is 9.97 Å². The number of nitrogens with zero attached hydrogens (tertiary/aromatic N) is 3. The highest BCUT2D eigenvalue weighted by atomic mass is 35.5. The number of hydrogen-bond donors (Lipinski definition) is 3. The Hall–Kier alpha value is -1.89. The molecule has 1 amide bonds. The summed E-state index contributed by atoms with van der Waals surface area (Å²) in [6.07, 6.45) is 1.49. The molecule has 0 atom stereocenters. The third kappa shape index (κ3) is 2.62. The van der Waals surface area contributed by atoms with E-state index in [1.54, 1.807) is 0 Å². The van der Waals surface area contributed by atoms with E-state index in [0.29, 0.717) is 23.5 Å². The van der Waals surface area contributed by atoms with Crippen LogP contribution in [0, 0.1) is 0 Å². The monoisotopic (exact) mass is 254 g/mol. The van der Waals surface area contributed by atoms with E-state index >= 15 is 0 Å². The highest BCUT2D eigenvalue weighted by molar-refractivity contribution is 6.28. The number of fused-ring (bicyclic) bond motifs is 1. The van der Waals surface area contributed by atoms with Gasteiger partial charge in [0.25, 0.3) is 0 Å². The Kier molecular flexibility index (Phi) is 3.38. The lowest BCUT2D eigenvalue weighted by Crippen LogP contribution is -2.29. The van der Waals surface area contributed by atoms with Crippen molar-refractivity contribution >= 4 is 34.5 Å². The summed E-state index contributed by atoms with van der Waals surface area (Å²) in [4.78, 5) is 26.1. The van der Waals surface area contributed by atoms with Crippen LogP contribution in [0.5, 0.6) is 0 Å². The first-order valence-electron chi connectivity index (χ1n) is 5.08. The molecule has 2 aromatic rings. The number of anilines is 1. The molecule has 2 heterocycles. The number of likely N-dealkylation sites (N-methyl/N-ethyl adjacent to an activating group) is 1. The average molecular weight is 255 g/mol. The Balaban J connectivity index is 2.17. The minimum atomic E-state index is -0.116. The van der Waals surface area contributed by atoms with E-state index in [4.69, 9.17) is 11.6 Å². The molecule has 0 aliphatic heterocycles. The lowest BCUT2D eigenvalue weighted by Gasteiger charge is -2.06. The number of aromatic nitrogens is 4. The highest BCUT2D eigenvalue weighted by Gasteiger charge is 2.09. The summed E-state index contributed by atoms with van der Waals surface area (Å²) >= 11 is 5.74. The van der Waals surface area contributed by atoms with E-state index in [0.717, 1.165) is 0 Å². The molecule has 0 aliphatic carbocycles. The smallest absolute Gasteiger partial charge is 0.239 e. The van der Waals surface area contributed by atoms with Gasteiger partial charge in [0.2, 0.25) is 11.2 Å². The van der Waals surface area contributed by atoms with Crippen LogP contribution in [0.15, 0.2) is 6.33 Å². The van der Waals surface area contributed by atoms with Crippen LogP contribution >= 0.6 is 11.6 Å². The van der Waals surface area contributed by atoms with Gasteiger partial charge in [0.1, 0.15) is 5.52 Å². The van der Waals surface area contributed by atoms with Crippen molar-refractivity contribution in [2.45, 2.75) is 6.92 Å². The van der Waals surface area contributed by atoms with Crippen LogP contribution in [0.25, 0.3) is 11.2 Å². The van der Waals surface area contributed by atoms with Gasteiger partial charge in [-0.25, -0.2) is 4.98 Å². The molecule has 7 nitrogen and oxygen atoms in total. The first-order valence-corrected chi connectivity index (χ1v) is 5.45. The molecular formula is C9H11ClN6O. The Morgan fingerprint density at radius 1 is 1.53 bits per heavy atom. The standard InChI is InChI=1S/C9H11ClN6O/c1-2-11-5(17)3-12-7-6-8(14-4-13-6)16-9(10)15-7/h4H,2-3H2,1H3,(H,11,17)(H2,12,13,14,15,16). The molecule has 0 spiro atoms. The molecule has 0 radical (unpaired) electrons. The molecule has 90 valence electrons. The molecule has 2 rings (SSSR count). The van der Waals surface area contributed by atoms with Crippen molar-refractivity contribution < 1.29 is 4.79 Å². The van der Waals surface area contributed by atoms with Crippen molar-refractivity contribution in [2.75, 3.05) is 18.4 Å². The fourth-order valence-corrected chi connectivity index (χ4v) is 1.52. The van der Waals surface area contributed by atoms with Crippen molar-refractivity contribution in [3.05, 3.63) is 11.6 Å². The summed E-state index contributed by atoms with van der Waals surface area (Å²) in [6.45, 7) is 2.56. The number of rotatable bonds is 4. The van der Waals surface area contributed by atoms with Crippen LogP contribution in [0.2, 0.25) is 5.28 Å². The van der Waals surface area contributed by atoms with Gasteiger partial charge in [-0.05, 0) is 18.5 Å². The Labute approximate surface area is 102 Å². The fraction of sp³-hybridized carbons (Fsp3) is 0.333. The number of amides is 1. The molecule has 0 fully saturated rings. The quantitative estimate of drug-likeness (QED) is 0.693. The number of halogens is 1. The predicted octanol–water partition coefficient (Wildman–Crippen LogP) is 0.554. The van der Waals surface area contributed by atoms with Crippen LogP contribution in [0.3, 0.4) is 0 Å². The topological polar surface area (TPSA) is 95.6 Å². The van der Waals surface area contributed by atoms with Crippen molar-refractivity contribution in [1.82, 2.24) is 25.3 Å². The molecule has 3 N–H and O–H groups in total. The third-order valence-corrected chi connectivity index (χ3v) is 2.22. The van der Waals surface area contributed by atoms with E-state index in [-0.39, 0.29) is 17.7 Å². The van der Waals surface area contributed by atoms with E-state index in [1.165, 1.54) is 6.33 Å². The average Bonchev–Trinajstić information content (AvgIpc) is 2.74. The summed E-state index contributed by atoms with van der Waals surface area (Å²) < 4.78 is 0. The van der Waals surface area contributed by atoms with E-state index < -0.39 is 0 Å². The summed E-state index contributed by atoms with van der Waals surface area (Å²) in [7, 11) is 0. The van der Waals surface area contributed by atoms with Crippen molar-refractivity contribution in [2.24, 2.45) is 0 Å². The number of nitrogens with one attached hydrogen (secondary N) is 3. The first kappa shape index (κ1) is 11.6. The predicted molar refractivity (Wildman–Crippen MR) is 63.9 cm³/mol. The molecule has 0 saturated carbocycles. The van der Waals surface area contributed by atoms with Crippen molar-refractivity contribution in [3.63, 3.8) is 0 Å². The number of imidazole rings is 1. The number of hydrogen-bond acceptors (Lipinski definition) is 5. The lowest BCUT2D eigenvalue weighted by molar-refractivity contribution is -0.119. The lowest BCUT2D eigenvalue weighted by atomic mass is 10.4. The first-order chi connectivity index (χ1) is 8.20. The van der Waals surface area contributed by atoms with Crippen molar-refractivity contribution in [3.8, 4) is 0 Å². The molecule has 17 heavy (non-hydrogen) atoms. The van der Waals surface area contributed by atoms with Crippen LogP contribution in [0.1, 0.15) is 6.92 Å². The number of carbonyl (C=O) groups excluding carboxylic acids is 1. The molecule has 2 aromatic heterocycles. The van der Waals surface area contributed by atoms with Gasteiger partial charge in [-0.15, -0.1) is 0 Å². The maximum absolute atomic E-state index is 11.3. The third-order valence-electron chi connectivity index (χ3n) is 2.05. The summed E-state index contributed by atoms with van der Waals surface area (Å²) in [5, 5.41) is 5.64. The fourth-order valence-electron chi connectivity index (χ4n) is 1.36. The summed E-state index contributed by atoms with van der Waals surface area (Å²) in [5.41, 5.74) is 1.09. The van der Waals surface area contributed by atoms with E-state index in [1.807, 2.05) is 6.92 Å². The van der Waals surface area contributed by atoms with Crippen LogP contribution in [0.4, 0.5) is 5.82 Å². The van der Waals surface area contributed by atoms with Gasteiger partial charge in [-0.3, -0.25) is 4.79 Å². The van der Waals surface area contributed by atoms with Gasteiger partial charge in [0.05, 0.1) is 12.9 Å². The SMILES string of the molecule is CCNC(=O)CNc1nc(Cl)nc2nc[nH]c12. The maximum Gasteiger partial charge on any atom is 0.239 e. The molecular weight excluding hydrogens is 244 g/mol. The van der Waals surface area contributed by atoms with E-state index in [2.05, 4.69) is 30.6 Å². The minimum absolute atomic E-state index is 0.0861. The van der Waals surface area contributed by atoms with Gasteiger partial charge < -0.3 is 15.6 Å². The summed E-state index contributed by atoms with van der Waals surface area (Å²) in [5.74, 6) is 0.346. The Morgan fingerprint density at radius 2 is 2.35 bits per heavy atom. The van der Waals surface area contributed by atoms with E-state index in [9.17, 15) is 4.79 Å². The second-order valence-electron chi connectivity index (χ2n) is 3.25. The molecule has 0 unspecified atom stereocenters. The highest BCUT2D eigenvalue weighted by Crippen LogP contribution is 2.17. The number of carbonyl (C=O) groups is 1. The Morgan fingerprint density at radius 3 is 3.12 bits per heavy atom. The zero-order valence-corrected chi connectivity index (χ0v) is 9.88. The summed E-state index contributed by atoms with van der Waals surface area (Å²) in [6, 6.07) is 0. The molecule has 0 bridgehead atoms. The number of H-pyrrole nitrogens is 1. The zero-order chi connectivity index (χ0) is 12.3. The molecule has 0 saturated heterocycles. The second kappa shape index (κ2) is 4.96. The zero-order valence-electron chi connectivity index (χ0n) is 9.12. The molecule has 0 aromatic carbocycles. The maximum atomic E-state index is 11.3. The van der Waals surface area contributed by atoms with Crippen molar-refractivity contribution in [1.29, 1.82) is 0 Å². The van der Waals surface area contributed by atoms with Gasteiger partial charge in [-0.1, -0.05) is 0 Å². The second-order valence-corrected chi connectivity index (χ2v) is 3.59. The van der Waals surface area contributed by atoms with Gasteiger partial charge in [0.15, 0.2) is 11.5 Å². The minimum Gasteiger partial charge on any atom is -0.359 e. The van der Waals surface area contributed by atoms with Crippen LogP contribution in [-0.2, 0) is 4.79 Å².